The van der Waals surface area contributed by atoms with Gasteiger partial charge < -0.3 is 5.32 Å². The minimum Gasteiger partial charge on any atom is -0.319 e. The molecular weight excluding hydrogens is 182 g/mol. The zero-order chi connectivity index (χ0) is 9.84. The minimum absolute atomic E-state index is 0.872. The number of aryl methyl sites for hydroxylation is 1. The van der Waals surface area contributed by atoms with Crippen LogP contribution in [0, 0.1) is 13.8 Å². The van der Waals surface area contributed by atoms with Crippen LogP contribution in [0.25, 0.3) is 0 Å². The summed E-state index contributed by atoms with van der Waals surface area (Å²) in [6.45, 7) is 5.22. The van der Waals surface area contributed by atoms with E-state index in [9.17, 15) is 0 Å². The predicted octanol–water partition coefficient (Wildman–Crippen LogP) is 2.72. The predicted molar refractivity (Wildman–Crippen MR) is 58.6 cm³/mol. The van der Waals surface area contributed by atoms with Gasteiger partial charge in [0.15, 0.2) is 0 Å². The average molecular weight is 198 g/mol. The van der Waals surface area contributed by atoms with Crippen molar-refractivity contribution in [3.63, 3.8) is 0 Å². The Hall–Kier alpha value is -0.530. The number of rotatable bonds is 3. The minimum atomic E-state index is 0.872. The van der Waals surface area contributed by atoms with Crippen molar-refractivity contribution in [2.75, 3.05) is 13.6 Å². The number of hydrogen-bond acceptors (Lipinski definition) is 1. The Kier molecular flexibility index (Phi) is 3.76. The standard InChI is InChI=1S/C11H16ClN/c1-8-4-5-11(12)9(2)10(8)6-7-13-3/h4-5,13H,6-7H2,1-3H3. The Morgan fingerprint density at radius 1 is 1.31 bits per heavy atom. The van der Waals surface area contributed by atoms with Gasteiger partial charge in [-0.05, 0) is 56.6 Å². The number of benzene rings is 1. The lowest BCUT2D eigenvalue weighted by Gasteiger charge is -2.10. The molecule has 0 aliphatic heterocycles. The molecule has 0 aliphatic carbocycles. The summed E-state index contributed by atoms with van der Waals surface area (Å²) in [5, 5.41) is 4.02. The first-order chi connectivity index (χ1) is 6.16. The van der Waals surface area contributed by atoms with E-state index in [-0.39, 0.29) is 0 Å². The topological polar surface area (TPSA) is 12.0 Å². The number of halogens is 1. The molecule has 0 atom stereocenters. The van der Waals surface area contributed by atoms with Gasteiger partial charge in [0.1, 0.15) is 0 Å². The van der Waals surface area contributed by atoms with Crippen molar-refractivity contribution >= 4 is 11.6 Å². The zero-order valence-electron chi connectivity index (χ0n) is 8.45. The van der Waals surface area contributed by atoms with E-state index in [2.05, 4.69) is 25.2 Å². The van der Waals surface area contributed by atoms with E-state index >= 15 is 0 Å². The fraction of sp³-hybridized carbons (Fsp3) is 0.455. The Morgan fingerprint density at radius 2 is 2.00 bits per heavy atom. The molecule has 0 aliphatic rings. The van der Waals surface area contributed by atoms with Crippen LogP contribution >= 0.6 is 11.6 Å². The van der Waals surface area contributed by atoms with Crippen LogP contribution in [0.3, 0.4) is 0 Å². The molecule has 0 amide bonds. The van der Waals surface area contributed by atoms with E-state index in [0.717, 1.165) is 18.0 Å². The third-order valence-corrected chi connectivity index (χ3v) is 2.80. The largest absolute Gasteiger partial charge is 0.319 e. The lowest BCUT2D eigenvalue weighted by molar-refractivity contribution is 0.785. The molecule has 13 heavy (non-hydrogen) atoms. The van der Waals surface area contributed by atoms with Crippen molar-refractivity contribution in [3.8, 4) is 0 Å². The van der Waals surface area contributed by atoms with Gasteiger partial charge in [0.25, 0.3) is 0 Å². The van der Waals surface area contributed by atoms with Gasteiger partial charge in [-0.2, -0.15) is 0 Å². The molecule has 0 saturated heterocycles. The summed E-state index contributed by atoms with van der Waals surface area (Å²) in [5.74, 6) is 0. The molecule has 1 nitrogen and oxygen atoms in total. The van der Waals surface area contributed by atoms with E-state index in [1.165, 1.54) is 16.7 Å². The van der Waals surface area contributed by atoms with Crippen molar-refractivity contribution in [2.24, 2.45) is 0 Å². The number of hydrogen-bond donors (Lipinski definition) is 1. The molecule has 1 N–H and O–H groups in total. The van der Waals surface area contributed by atoms with E-state index < -0.39 is 0 Å². The van der Waals surface area contributed by atoms with Crippen LogP contribution in [-0.4, -0.2) is 13.6 Å². The summed E-state index contributed by atoms with van der Waals surface area (Å²) in [6.07, 6.45) is 1.05. The molecule has 1 aromatic rings. The second-order valence-corrected chi connectivity index (χ2v) is 3.73. The summed E-state index contributed by atoms with van der Waals surface area (Å²) >= 11 is 6.04. The quantitative estimate of drug-likeness (QED) is 0.786. The Balaban J connectivity index is 2.96. The highest BCUT2D eigenvalue weighted by atomic mass is 35.5. The third kappa shape index (κ3) is 2.45. The second kappa shape index (κ2) is 4.64. The highest BCUT2D eigenvalue weighted by Gasteiger charge is 2.04. The maximum Gasteiger partial charge on any atom is 0.0438 e. The van der Waals surface area contributed by atoms with Gasteiger partial charge in [-0.1, -0.05) is 17.7 Å². The summed E-state index contributed by atoms with van der Waals surface area (Å²) in [6, 6.07) is 4.05. The third-order valence-electron chi connectivity index (χ3n) is 2.39. The maximum atomic E-state index is 6.04. The fourth-order valence-electron chi connectivity index (χ4n) is 1.50. The first-order valence-electron chi connectivity index (χ1n) is 4.56. The smallest absolute Gasteiger partial charge is 0.0438 e. The first-order valence-corrected chi connectivity index (χ1v) is 4.93. The number of likely N-dealkylation sites (N-methyl/N-ethyl adjacent to an activating group) is 1. The molecule has 0 saturated carbocycles. The molecule has 0 radical (unpaired) electrons. The highest BCUT2D eigenvalue weighted by Crippen LogP contribution is 2.22. The van der Waals surface area contributed by atoms with Gasteiger partial charge in [0.05, 0.1) is 0 Å². The molecule has 0 spiro atoms. The van der Waals surface area contributed by atoms with E-state index in [1.807, 2.05) is 13.1 Å². The molecule has 0 fully saturated rings. The summed E-state index contributed by atoms with van der Waals surface area (Å²) in [7, 11) is 1.97. The highest BCUT2D eigenvalue weighted by molar-refractivity contribution is 6.31. The summed E-state index contributed by atoms with van der Waals surface area (Å²) < 4.78 is 0. The second-order valence-electron chi connectivity index (χ2n) is 3.32. The molecular formula is C11H16ClN. The molecule has 1 aromatic carbocycles. The normalized spacial score (nSPS) is 10.5. The summed E-state index contributed by atoms with van der Waals surface area (Å²) in [5.41, 5.74) is 3.93. The lowest BCUT2D eigenvalue weighted by Crippen LogP contribution is -2.12. The molecule has 72 valence electrons. The van der Waals surface area contributed by atoms with Gasteiger partial charge in [-0.3, -0.25) is 0 Å². The van der Waals surface area contributed by atoms with Gasteiger partial charge >= 0.3 is 0 Å². The van der Waals surface area contributed by atoms with Crippen LogP contribution in [0.1, 0.15) is 16.7 Å². The van der Waals surface area contributed by atoms with Crippen LogP contribution in [0.4, 0.5) is 0 Å². The fourth-order valence-corrected chi connectivity index (χ4v) is 1.68. The van der Waals surface area contributed by atoms with E-state index in [0.29, 0.717) is 0 Å². The molecule has 0 aromatic heterocycles. The summed E-state index contributed by atoms with van der Waals surface area (Å²) in [4.78, 5) is 0. The Morgan fingerprint density at radius 3 is 2.62 bits per heavy atom. The zero-order valence-corrected chi connectivity index (χ0v) is 9.20. The van der Waals surface area contributed by atoms with Crippen molar-refractivity contribution in [1.82, 2.24) is 5.32 Å². The van der Waals surface area contributed by atoms with Gasteiger partial charge in [-0.15, -0.1) is 0 Å². The molecule has 2 heteroatoms. The average Bonchev–Trinajstić information content (AvgIpc) is 2.12. The van der Waals surface area contributed by atoms with Crippen molar-refractivity contribution < 1.29 is 0 Å². The van der Waals surface area contributed by atoms with Crippen molar-refractivity contribution in [1.29, 1.82) is 0 Å². The monoisotopic (exact) mass is 197 g/mol. The molecule has 1 rings (SSSR count). The van der Waals surface area contributed by atoms with Gasteiger partial charge in [-0.25, -0.2) is 0 Å². The van der Waals surface area contributed by atoms with Crippen LogP contribution < -0.4 is 5.32 Å². The van der Waals surface area contributed by atoms with E-state index in [1.54, 1.807) is 0 Å². The van der Waals surface area contributed by atoms with Crippen LogP contribution in [0.2, 0.25) is 5.02 Å². The molecule has 0 bridgehead atoms. The van der Waals surface area contributed by atoms with Gasteiger partial charge in [0, 0.05) is 5.02 Å². The molecule has 0 heterocycles. The van der Waals surface area contributed by atoms with Crippen molar-refractivity contribution in [2.45, 2.75) is 20.3 Å². The first kappa shape index (κ1) is 10.6. The van der Waals surface area contributed by atoms with Crippen LogP contribution in [-0.2, 0) is 6.42 Å². The maximum absolute atomic E-state index is 6.04. The van der Waals surface area contributed by atoms with Crippen molar-refractivity contribution in [3.05, 3.63) is 33.8 Å². The van der Waals surface area contributed by atoms with Crippen LogP contribution in [0.15, 0.2) is 12.1 Å². The SMILES string of the molecule is CNCCc1c(C)ccc(Cl)c1C. The number of nitrogens with one attached hydrogen (secondary N) is 1. The molecule has 0 unspecified atom stereocenters. The van der Waals surface area contributed by atoms with Gasteiger partial charge in [0.2, 0.25) is 0 Å². The van der Waals surface area contributed by atoms with E-state index in [4.69, 9.17) is 11.6 Å². The Labute approximate surface area is 85.1 Å². The lowest BCUT2D eigenvalue weighted by atomic mass is 10.00. The Bertz CT molecular complexity index is 294. The van der Waals surface area contributed by atoms with Crippen LogP contribution in [0.5, 0.6) is 0 Å².